The van der Waals surface area contributed by atoms with Gasteiger partial charge in [0.2, 0.25) is 5.91 Å². The van der Waals surface area contributed by atoms with E-state index < -0.39 is 0 Å². The van der Waals surface area contributed by atoms with E-state index >= 15 is 0 Å². The van der Waals surface area contributed by atoms with Gasteiger partial charge in [0, 0.05) is 12.4 Å². The van der Waals surface area contributed by atoms with Gasteiger partial charge in [-0.1, -0.05) is 18.6 Å². The molecule has 0 bridgehead atoms. The number of carbonyl (C=O) groups is 1. The molecule has 2 aromatic rings. The van der Waals surface area contributed by atoms with Crippen molar-refractivity contribution in [3.05, 3.63) is 48.3 Å². The number of amides is 1. The summed E-state index contributed by atoms with van der Waals surface area (Å²) in [6.45, 7) is 2.95. The van der Waals surface area contributed by atoms with E-state index in [1.165, 1.54) is 0 Å². The van der Waals surface area contributed by atoms with Crippen molar-refractivity contribution >= 4 is 5.91 Å². The summed E-state index contributed by atoms with van der Waals surface area (Å²) in [7, 11) is 0. The second-order valence-electron chi connectivity index (χ2n) is 5.77. The van der Waals surface area contributed by atoms with Crippen molar-refractivity contribution in [3.63, 3.8) is 0 Å². The summed E-state index contributed by atoms with van der Waals surface area (Å²) in [5.74, 6) is 0.100. The quantitative estimate of drug-likeness (QED) is 0.909. The van der Waals surface area contributed by atoms with Gasteiger partial charge >= 0.3 is 0 Å². The highest BCUT2D eigenvalue weighted by atomic mass is 16.2. The molecule has 0 aliphatic carbocycles. The van der Waals surface area contributed by atoms with Crippen LogP contribution in [0.25, 0.3) is 5.69 Å². The Bertz CT molecular complexity index is 600. The first kappa shape index (κ1) is 14.8. The first-order valence-corrected chi connectivity index (χ1v) is 7.88. The van der Waals surface area contributed by atoms with E-state index in [0.717, 1.165) is 37.1 Å². The van der Waals surface area contributed by atoms with Crippen LogP contribution in [0, 0.1) is 0 Å². The van der Waals surface area contributed by atoms with E-state index in [1.54, 1.807) is 6.20 Å². The lowest BCUT2D eigenvalue weighted by Gasteiger charge is -2.24. The molecule has 1 fully saturated rings. The van der Waals surface area contributed by atoms with Gasteiger partial charge in [-0.25, -0.2) is 4.68 Å². The largest absolute Gasteiger partial charge is 0.348 e. The van der Waals surface area contributed by atoms with Gasteiger partial charge in [-0.2, -0.15) is 5.10 Å². The Morgan fingerprint density at radius 3 is 2.82 bits per heavy atom. The SMILES string of the molecule is CC(NC(=O)C1CCCCN1)c1ccc(-n2cccn2)cc1. The summed E-state index contributed by atoms with van der Waals surface area (Å²) in [6, 6.07) is 9.97. The molecule has 5 heteroatoms. The summed E-state index contributed by atoms with van der Waals surface area (Å²) in [5.41, 5.74) is 2.11. The molecule has 5 nitrogen and oxygen atoms in total. The molecular weight excluding hydrogens is 276 g/mol. The molecule has 0 radical (unpaired) electrons. The molecular formula is C17H22N4O. The number of hydrogen-bond acceptors (Lipinski definition) is 3. The Labute approximate surface area is 130 Å². The molecule has 116 valence electrons. The van der Waals surface area contributed by atoms with Crippen LogP contribution in [0.1, 0.15) is 37.8 Å². The van der Waals surface area contributed by atoms with Crippen LogP contribution in [0.4, 0.5) is 0 Å². The van der Waals surface area contributed by atoms with Crippen LogP contribution >= 0.6 is 0 Å². The molecule has 2 atom stereocenters. The lowest BCUT2D eigenvalue weighted by atomic mass is 10.0. The zero-order valence-corrected chi connectivity index (χ0v) is 12.8. The Balaban J connectivity index is 1.62. The van der Waals surface area contributed by atoms with Gasteiger partial charge in [0.25, 0.3) is 0 Å². The van der Waals surface area contributed by atoms with Crippen LogP contribution in [-0.2, 0) is 4.79 Å². The van der Waals surface area contributed by atoms with E-state index in [1.807, 2.05) is 48.1 Å². The summed E-state index contributed by atoms with van der Waals surface area (Å²) >= 11 is 0. The van der Waals surface area contributed by atoms with Gasteiger partial charge in [-0.3, -0.25) is 4.79 Å². The zero-order chi connectivity index (χ0) is 15.4. The number of rotatable bonds is 4. The number of aromatic nitrogens is 2. The fourth-order valence-corrected chi connectivity index (χ4v) is 2.81. The molecule has 0 saturated carbocycles. The second kappa shape index (κ2) is 6.75. The molecule has 1 amide bonds. The number of nitrogens with one attached hydrogen (secondary N) is 2. The zero-order valence-electron chi connectivity index (χ0n) is 12.8. The first-order chi connectivity index (χ1) is 10.7. The number of nitrogens with zero attached hydrogens (tertiary/aromatic N) is 2. The fraction of sp³-hybridized carbons (Fsp3) is 0.412. The smallest absolute Gasteiger partial charge is 0.237 e. The molecule has 22 heavy (non-hydrogen) atoms. The predicted octanol–water partition coefficient (Wildman–Crippen LogP) is 2.19. The minimum Gasteiger partial charge on any atom is -0.348 e. The molecule has 1 aliphatic heterocycles. The average Bonchev–Trinajstić information content (AvgIpc) is 3.10. The third-order valence-electron chi connectivity index (χ3n) is 4.15. The van der Waals surface area contributed by atoms with E-state index in [9.17, 15) is 4.79 Å². The van der Waals surface area contributed by atoms with Gasteiger partial charge in [-0.05, 0) is 50.1 Å². The van der Waals surface area contributed by atoms with Crippen molar-refractivity contribution < 1.29 is 4.79 Å². The van der Waals surface area contributed by atoms with Crippen molar-refractivity contribution in [2.24, 2.45) is 0 Å². The number of carbonyl (C=O) groups excluding carboxylic acids is 1. The number of benzene rings is 1. The maximum Gasteiger partial charge on any atom is 0.237 e. The molecule has 3 rings (SSSR count). The Hall–Kier alpha value is -2.14. The first-order valence-electron chi connectivity index (χ1n) is 7.88. The summed E-state index contributed by atoms with van der Waals surface area (Å²) in [6.07, 6.45) is 6.88. The summed E-state index contributed by atoms with van der Waals surface area (Å²) in [4.78, 5) is 12.2. The van der Waals surface area contributed by atoms with E-state index in [0.29, 0.717) is 0 Å². The molecule has 1 saturated heterocycles. The monoisotopic (exact) mass is 298 g/mol. The highest BCUT2D eigenvalue weighted by molar-refractivity contribution is 5.82. The Kier molecular flexibility index (Phi) is 4.53. The summed E-state index contributed by atoms with van der Waals surface area (Å²) < 4.78 is 1.82. The van der Waals surface area contributed by atoms with Crippen molar-refractivity contribution in [1.29, 1.82) is 0 Å². The van der Waals surface area contributed by atoms with E-state index in [-0.39, 0.29) is 18.0 Å². The Morgan fingerprint density at radius 1 is 1.36 bits per heavy atom. The molecule has 2 N–H and O–H groups in total. The van der Waals surface area contributed by atoms with Crippen LogP contribution < -0.4 is 10.6 Å². The number of hydrogen-bond donors (Lipinski definition) is 2. The van der Waals surface area contributed by atoms with Crippen molar-refractivity contribution in [3.8, 4) is 5.69 Å². The molecule has 1 aliphatic rings. The fourth-order valence-electron chi connectivity index (χ4n) is 2.81. The third-order valence-corrected chi connectivity index (χ3v) is 4.15. The van der Waals surface area contributed by atoms with Gasteiger partial charge < -0.3 is 10.6 Å². The van der Waals surface area contributed by atoms with Gasteiger partial charge in [0.1, 0.15) is 0 Å². The van der Waals surface area contributed by atoms with Crippen LogP contribution in [0.3, 0.4) is 0 Å². The van der Waals surface area contributed by atoms with E-state index in [4.69, 9.17) is 0 Å². The van der Waals surface area contributed by atoms with Gasteiger partial charge in [0.05, 0.1) is 17.8 Å². The predicted molar refractivity (Wildman–Crippen MR) is 85.8 cm³/mol. The van der Waals surface area contributed by atoms with Crippen LogP contribution in [0.5, 0.6) is 0 Å². The summed E-state index contributed by atoms with van der Waals surface area (Å²) in [5, 5.41) is 10.6. The average molecular weight is 298 g/mol. The van der Waals surface area contributed by atoms with Crippen LogP contribution in [-0.4, -0.2) is 28.3 Å². The molecule has 0 spiro atoms. The molecule has 1 aromatic heterocycles. The highest BCUT2D eigenvalue weighted by Crippen LogP contribution is 2.16. The minimum atomic E-state index is -0.0421. The topological polar surface area (TPSA) is 59.0 Å². The van der Waals surface area contributed by atoms with Crippen molar-refractivity contribution in [2.45, 2.75) is 38.3 Å². The highest BCUT2D eigenvalue weighted by Gasteiger charge is 2.21. The lowest BCUT2D eigenvalue weighted by Crippen LogP contribution is -2.47. The van der Waals surface area contributed by atoms with Gasteiger partial charge in [-0.15, -0.1) is 0 Å². The molecule has 2 heterocycles. The molecule has 2 unspecified atom stereocenters. The minimum absolute atomic E-state index is 0.00268. The second-order valence-corrected chi connectivity index (χ2v) is 5.77. The number of piperidine rings is 1. The van der Waals surface area contributed by atoms with Gasteiger partial charge in [0.15, 0.2) is 0 Å². The van der Waals surface area contributed by atoms with Crippen LogP contribution in [0.2, 0.25) is 0 Å². The maximum absolute atomic E-state index is 12.2. The third kappa shape index (κ3) is 3.36. The molecule has 1 aromatic carbocycles. The lowest BCUT2D eigenvalue weighted by molar-refractivity contribution is -0.124. The van der Waals surface area contributed by atoms with E-state index in [2.05, 4.69) is 15.7 Å². The Morgan fingerprint density at radius 2 is 2.18 bits per heavy atom. The maximum atomic E-state index is 12.2. The van der Waals surface area contributed by atoms with Crippen molar-refractivity contribution in [2.75, 3.05) is 6.54 Å². The normalized spacial score (nSPS) is 19.6. The van der Waals surface area contributed by atoms with Crippen molar-refractivity contribution in [1.82, 2.24) is 20.4 Å². The standard InChI is InChI=1S/C17H22N4O/c1-13(20-17(22)16-5-2-3-10-18-16)14-6-8-15(9-7-14)21-12-4-11-19-21/h4,6-9,11-13,16,18H,2-3,5,10H2,1H3,(H,20,22). The van der Waals surface area contributed by atoms with Crippen LogP contribution in [0.15, 0.2) is 42.7 Å².